The second-order valence-corrected chi connectivity index (χ2v) is 5.73. The monoisotopic (exact) mass is 325 g/mol. The maximum Gasteiger partial charge on any atom is 0.408 e. The highest BCUT2D eigenvalue weighted by atomic mass is 16.6. The summed E-state index contributed by atoms with van der Waals surface area (Å²) in [5.74, 6) is -0.364. The van der Waals surface area contributed by atoms with E-state index in [4.69, 9.17) is 9.47 Å². The fraction of sp³-hybridized carbons (Fsp3) is 0.263. The maximum atomic E-state index is 12.1. The standard InChI is InChI=1S/C19H19NO4/c1-13(21)24-17-11-15-9-5-6-10-16(15)18(17)20-19(22)23-12-14-7-3-2-4-8-14/h2-10,17-18H,11-12H2,1H3,(H,20,22)/t17-,18+/m1/s1. The van der Waals surface area contributed by atoms with Crippen molar-refractivity contribution in [2.24, 2.45) is 0 Å². The van der Waals surface area contributed by atoms with Gasteiger partial charge < -0.3 is 14.8 Å². The molecule has 1 aliphatic rings. The number of nitrogens with one attached hydrogen (secondary N) is 1. The van der Waals surface area contributed by atoms with Crippen molar-refractivity contribution in [1.29, 1.82) is 0 Å². The zero-order valence-electron chi connectivity index (χ0n) is 13.4. The van der Waals surface area contributed by atoms with E-state index in [2.05, 4.69) is 5.32 Å². The van der Waals surface area contributed by atoms with E-state index in [1.807, 2.05) is 54.6 Å². The Labute approximate surface area is 140 Å². The smallest absolute Gasteiger partial charge is 0.408 e. The van der Waals surface area contributed by atoms with Gasteiger partial charge in [0.15, 0.2) is 0 Å². The van der Waals surface area contributed by atoms with Crippen molar-refractivity contribution < 1.29 is 19.1 Å². The number of rotatable bonds is 4. The maximum absolute atomic E-state index is 12.1. The Bertz CT molecular complexity index is 729. The van der Waals surface area contributed by atoms with E-state index < -0.39 is 18.2 Å². The van der Waals surface area contributed by atoms with Crippen molar-refractivity contribution in [3.8, 4) is 0 Å². The van der Waals surface area contributed by atoms with Crippen LogP contribution in [0.2, 0.25) is 0 Å². The molecule has 1 aliphatic carbocycles. The number of esters is 1. The molecule has 2 aromatic carbocycles. The number of fused-ring (bicyclic) bond motifs is 1. The van der Waals surface area contributed by atoms with Crippen LogP contribution in [0.15, 0.2) is 54.6 Å². The van der Waals surface area contributed by atoms with Crippen molar-refractivity contribution in [3.63, 3.8) is 0 Å². The van der Waals surface area contributed by atoms with Crippen molar-refractivity contribution in [1.82, 2.24) is 5.32 Å². The quantitative estimate of drug-likeness (QED) is 0.877. The van der Waals surface area contributed by atoms with Crippen molar-refractivity contribution in [2.45, 2.75) is 32.1 Å². The summed E-state index contributed by atoms with van der Waals surface area (Å²) in [4.78, 5) is 23.5. The third-order valence-electron chi connectivity index (χ3n) is 3.99. The van der Waals surface area contributed by atoms with Gasteiger partial charge in [0, 0.05) is 13.3 Å². The van der Waals surface area contributed by atoms with Crippen LogP contribution in [-0.4, -0.2) is 18.2 Å². The second-order valence-electron chi connectivity index (χ2n) is 5.73. The predicted octanol–water partition coefficient (Wildman–Crippen LogP) is 3.14. The molecule has 24 heavy (non-hydrogen) atoms. The summed E-state index contributed by atoms with van der Waals surface area (Å²) in [6.45, 7) is 1.56. The summed E-state index contributed by atoms with van der Waals surface area (Å²) in [7, 11) is 0. The summed E-state index contributed by atoms with van der Waals surface area (Å²) in [5.41, 5.74) is 2.94. The topological polar surface area (TPSA) is 64.6 Å². The number of hydrogen-bond donors (Lipinski definition) is 1. The van der Waals surface area contributed by atoms with Gasteiger partial charge in [0.1, 0.15) is 12.7 Å². The summed E-state index contributed by atoms with van der Waals surface area (Å²) in [5, 5.41) is 2.82. The molecule has 0 aromatic heterocycles. The number of alkyl carbamates (subject to hydrolysis) is 1. The van der Waals surface area contributed by atoms with Gasteiger partial charge in [-0.3, -0.25) is 4.79 Å². The third kappa shape index (κ3) is 3.74. The SMILES string of the molecule is CC(=O)O[C@@H]1Cc2ccccc2[C@@H]1NC(=O)OCc1ccccc1. The highest BCUT2D eigenvalue weighted by molar-refractivity contribution is 5.69. The van der Waals surface area contributed by atoms with E-state index in [0.29, 0.717) is 6.42 Å². The first-order chi connectivity index (χ1) is 11.6. The van der Waals surface area contributed by atoms with Gasteiger partial charge in [-0.05, 0) is 16.7 Å². The lowest BCUT2D eigenvalue weighted by Gasteiger charge is -2.21. The van der Waals surface area contributed by atoms with Gasteiger partial charge in [-0.25, -0.2) is 4.79 Å². The van der Waals surface area contributed by atoms with E-state index in [0.717, 1.165) is 16.7 Å². The Morgan fingerprint density at radius 1 is 1.08 bits per heavy atom. The lowest BCUT2D eigenvalue weighted by atomic mass is 10.1. The number of ether oxygens (including phenoxy) is 2. The van der Waals surface area contributed by atoms with Gasteiger partial charge in [-0.2, -0.15) is 0 Å². The number of benzene rings is 2. The van der Waals surface area contributed by atoms with Crippen LogP contribution in [0.3, 0.4) is 0 Å². The molecule has 0 fully saturated rings. The number of hydrogen-bond acceptors (Lipinski definition) is 4. The van der Waals surface area contributed by atoms with Gasteiger partial charge in [0.05, 0.1) is 6.04 Å². The largest absolute Gasteiger partial charge is 0.460 e. The number of carbonyl (C=O) groups excluding carboxylic acids is 2. The van der Waals surface area contributed by atoms with E-state index in [-0.39, 0.29) is 12.6 Å². The third-order valence-corrected chi connectivity index (χ3v) is 3.99. The molecule has 3 rings (SSSR count). The Kier molecular flexibility index (Phi) is 4.79. The highest BCUT2D eigenvalue weighted by Crippen LogP contribution is 2.33. The summed E-state index contributed by atoms with van der Waals surface area (Å²) >= 11 is 0. The summed E-state index contributed by atoms with van der Waals surface area (Å²) in [6.07, 6.45) is -0.360. The van der Waals surface area contributed by atoms with E-state index in [1.54, 1.807) is 0 Å². The van der Waals surface area contributed by atoms with Gasteiger partial charge in [-0.1, -0.05) is 54.6 Å². The molecule has 0 unspecified atom stereocenters. The summed E-state index contributed by atoms with van der Waals surface area (Å²) in [6, 6.07) is 16.8. The molecule has 0 saturated carbocycles. The minimum Gasteiger partial charge on any atom is -0.460 e. The fourth-order valence-corrected chi connectivity index (χ4v) is 2.94. The number of amides is 1. The molecular formula is C19H19NO4. The Morgan fingerprint density at radius 2 is 1.79 bits per heavy atom. The van der Waals surface area contributed by atoms with Crippen LogP contribution in [0, 0.1) is 0 Å². The van der Waals surface area contributed by atoms with E-state index >= 15 is 0 Å². The molecular weight excluding hydrogens is 306 g/mol. The molecule has 2 atom stereocenters. The molecule has 0 heterocycles. The fourth-order valence-electron chi connectivity index (χ4n) is 2.94. The van der Waals surface area contributed by atoms with Gasteiger partial charge in [-0.15, -0.1) is 0 Å². The lowest BCUT2D eigenvalue weighted by Crippen LogP contribution is -2.36. The van der Waals surface area contributed by atoms with Crippen molar-refractivity contribution in [3.05, 3.63) is 71.3 Å². The molecule has 2 aromatic rings. The average Bonchev–Trinajstić information content (AvgIpc) is 2.91. The molecule has 5 heteroatoms. The minimum atomic E-state index is -0.530. The van der Waals surface area contributed by atoms with Crippen LogP contribution in [0.4, 0.5) is 4.79 Å². The van der Waals surface area contributed by atoms with Crippen LogP contribution >= 0.6 is 0 Å². The van der Waals surface area contributed by atoms with Crippen LogP contribution in [-0.2, 0) is 27.3 Å². The molecule has 0 bridgehead atoms. The van der Waals surface area contributed by atoms with E-state index in [9.17, 15) is 9.59 Å². The van der Waals surface area contributed by atoms with Crippen LogP contribution < -0.4 is 5.32 Å². The number of carbonyl (C=O) groups is 2. The first kappa shape index (κ1) is 16.1. The average molecular weight is 325 g/mol. The minimum absolute atomic E-state index is 0.194. The molecule has 124 valence electrons. The van der Waals surface area contributed by atoms with Crippen molar-refractivity contribution >= 4 is 12.1 Å². The lowest BCUT2D eigenvalue weighted by molar-refractivity contribution is -0.147. The Hall–Kier alpha value is -2.82. The molecule has 1 N–H and O–H groups in total. The molecule has 0 radical (unpaired) electrons. The Balaban J connectivity index is 1.66. The zero-order valence-corrected chi connectivity index (χ0v) is 13.4. The van der Waals surface area contributed by atoms with Crippen LogP contribution in [0.25, 0.3) is 0 Å². The van der Waals surface area contributed by atoms with Gasteiger partial charge in [0.2, 0.25) is 0 Å². The van der Waals surface area contributed by atoms with Gasteiger partial charge in [0.25, 0.3) is 0 Å². The highest BCUT2D eigenvalue weighted by Gasteiger charge is 2.35. The molecule has 0 aliphatic heterocycles. The first-order valence-corrected chi connectivity index (χ1v) is 7.85. The zero-order chi connectivity index (χ0) is 16.9. The Morgan fingerprint density at radius 3 is 2.54 bits per heavy atom. The molecule has 1 amide bonds. The molecule has 0 spiro atoms. The first-order valence-electron chi connectivity index (χ1n) is 7.85. The van der Waals surface area contributed by atoms with Gasteiger partial charge >= 0.3 is 12.1 Å². The molecule has 0 saturated heterocycles. The predicted molar refractivity (Wildman–Crippen MR) is 88.2 cm³/mol. The van der Waals surface area contributed by atoms with Crippen LogP contribution in [0.1, 0.15) is 29.7 Å². The van der Waals surface area contributed by atoms with Crippen LogP contribution in [0.5, 0.6) is 0 Å². The van der Waals surface area contributed by atoms with Crippen molar-refractivity contribution in [2.75, 3.05) is 0 Å². The normalized spacial score (nSPS) is 18.5. The van der Waals surface area contributed by atoms with E-state index in [1.165, 1.54) is 6.92 Å². The summed E-state index contributed by atoms with van der Waals surface area (Å²) < 4.78 is 10.6. The second kappa shape index (κ2) is 7.17. The molecule has 5 nitrogen and oxygen atoms in total.